The minimum Gasteiger partial charge on any atom is -0.367 e. The monoisotopic (exact) mass is 302 g/mol. The second kappa shape index (κ2) is 5.85. The van der Waals surface area contributed by atoms with E-state index in [1.807, 2.05) is 0 Å². The Bertz CT molecular complexity index is 516. The minimum absolute atomic E-state index is 0.754. The van der Waals surface area contributed by atoms with Crippen LogP contribution in [0.5, 0.6) is 0 Å². The molecule has 0 aromatic heterocycles. The van der Waals surface area contributed by atoms with Gasteiger partial charge in [0.2, 0.25) is 0 Å². The summed E-state index contributed by atoms with van der Waals surface area (Å²) in [5.74, 6) is 2.04. The molecule has 4 rings (SSSR count). The summed E-state index contributed by atoms with van der Waals surface area (Å²) in [5.41, 5.74) is 3.25. The van der Waals surface area contributed by atoms with Crippen LogP contribution in [0, 0.1) is 0 Å². The van der Waals surface area contributed by atoms with Gasteiger partial charge in [-0.25, -0.2) is 0 Å². The van der Waals surface area contributed by atoms with Crippen molar-refractivity contribution in [3.05, 3.63) is 23.8 Å². The number of rotatable bonds is 3. The van der Waals surface area contributed by atoms with Gasteiger partial charge in [-0.15, -0.1) is 11.8 Å². The van der Waals surface area contributed by atoms with Gasteiger partial charge in [0.05, 0.1) is 5.69 Å². The fraction of sp³-hybridized carbons (Fsp3) is 0.667. The Balaban J connectivity index is 1.64. The second-order valence-corrected chi connectivity index (χ2v) is 7.84. The predicted octanol–water partition coefficient (Wildman–Crippen LogP) is 3.96. The summed E-state index contributed by atoms with van der Waals surface area (Å²) in [6.45, 7) is 7.45. The molecule has 0 amide bonds. The highest BCUT2D eigenvalue weighted by Crippen LogP contribution is 2.50. The Morgan fingerprint density at radius 3 is 3.14 bits per heavy atom. The predicted molar refractivity (Wildman–Crippen MR) is 91.6 cm³/mol. The first-order valence-corrected chi connectivity index (χ1v) is 9.61. The molecular formula is C18H26N2S. The molecule has 1 aromatic carbocycles. The van der Waals surface area contributed by atoms with E-state index >= 15 is 0 Å². The quantitative estimate of drug-likeness (QED) is 0.834. The zero-order valence-electron chi connectivity index (χ0n) is 13.1. The van der Waals surface area contributed by atoms with Gasteiger partial charge in [-0.1, -0.05) is 25.5 Å². The highest BCUT2D eigenvalue weighted by atomic mass is 32.2. The molecule has 3 heterocycles. The lowest BCUT2D eigenvalue weighted by Crippen LogP contribution is -2.46. The number of hydrogen-bond acceptors (Lipinski definition) is 3. The van der Waals surface area contributed by atoms with Crippen molar-refractivity contribution in [2.75, 3.05) is 36.8 Å². The minimum atomic E-state index is 0.754. The lowest BCUT2D eigenvalue weighted by Gasteiger charge is -2.39. The highest BCUT2D eigenvalue weighted by Gasteiger charge is 2.42. The molecular weight excluding hydrogens is 276 g/mol. The van der Waals surface area contributed by atoms with E-state index in [1.165, 1.54) is 57.6 Å². The van der Waals surface area contributed by atoms with Gasteiger partial charge in [0, 0.05) is 36.5 Å². The van der Waals surface area contributed by atoms with E-state index in [4.69, 9.17) is 0 Å². The van der Waals surface area contributed by atoms with Crippen LogP contribution in [0.25, 0.3) is 0 Å². The number of nitrogens with zero attached hydrogens (tertiary/aromatic N) is 2. The molecule has 0 N–H and O–H groups in total. The van der Waals surface area contributed by atoms with Crippen LogP contribution in [-0.4, -0.2) is 42.9 Å². The van der Waals surface area contributed by atoms with E-state index in [9.17, 15) is 0 Å². The van der Waals surface area contributed by atoms with Gasteiger partial charge in [0.25, 0.3) is 0 Å². The van der Waals surface area contributed by atoms with Crippen LogP contribution in [0.3, 0.4) is 0 Å². The average molecular weight is 302 g/mol. The lowest BCUT2D eigenvalue weighted by molar-refractivity contribution is 0.191. The molecule has 3 aliphatic rings. The molecule has 1 saturated heterocycles. The highest BCUT2D eigenvalue weighted by molar-refractivity contribution is 7.99. The number of piperidine rings is 1. The Morgan fingerprint density at radius 1 is 1.29 bits per heavy atom. The third kappa shape index (κ3) is 2.39. The Labute approximate surface area is 132 Å². The third-order valence-corrected chi connectivity index (χ3v) is 6.54. The van der Waals surface area contributed by atoms with Crippen LogP contribution in [-0.2, 0) is 0 Å². The van der Waals surface area contributed by atoms with Crippen molar-refractivity contribution in [1.82, 2.24) is 4.90 Å². The topological polar surface area (TPSA) is 6.48 Å². The molecule has 0 spiro atoms. The summed E-state index contributed by atoms with van der Waals surface area (Å²) in [7, 11) is 0. The smallest absolute Gasteiger partial charge is 0.0543 e. The maximum absolute atomic E-state index is 2.77. The van der Waals surface area contributed by atoms with Gasteiger partial charge >= 0.3 is 0 Å². The molecule has 1 aromatic rings. The van der Waals surface area contributed by atoms with Crippen LogP contribution in [0.2, 0.25) is 0 Å². The van der Waals surface area contributed by atoms with Crippen molar-refractivity contribution < 1.29 is 0 Å². The summed E-state index contributed by atoms with van der Waals surface area (Å²) < 4.78 is 0. The molecule has 21 heavy (non-hydrogen) atoms. The van der Waals surface area contributed by atoms with Gasteiger partial charge in [0.1, 0.15) is 0 Å². The van der Waals surface area contributed by atoms with E-state index in [1.54, 1.807) is 16.1 Å². The largest absolute Gasteiger partial charge is 0.367 e. The van der Waals surface area contributed by atoms with Gasteiger partial charge < -0.3 is 9.80 Å². The lowest BCUT2D eigenvalue weighted by atomic mass is 9.89. The van der Waals surface area contributed by atoms with Gasteiger partial charge in [-0.05, 0) is 43.2 Å². The van der Waals surface area contributed by atoms with E-state index < -0.39 is 0 Å². The van der Waals surface area contributed by atoms with Crippen molar-refractivity contribution >= 4 is 17.4 Å². The number of hydrogen-bond donors (Lipinski definition) is 0. The molecule has 0 bridgehead atoms. The van der Waals surface area contributed by atoms with Gasteiger partial charge in [0.15, 0.2) is 0 Å². The SMILES string of the molecule is CCCCN1CCC2C(C1)c1cccc3c1N2CCCS3. The van der Waals surface area contributed by atoms with E-state index in [0.29, 0.717) is 0 Å². The fourth-order valence-electron chi connectivity index (χ4n) is 4.39. The van der Waals surface area contributed by atoms with Crippen molar-refractivity contribution in [3.8, 4) is 0 Å². The van der Waals surface area contributed by atoms with Gasteiger partial charge in [-0.3, -0.25) is 0 Å². The summed E-state index contributed by atoms with van der Waals surface area (Å²) in [6.07, 6.45) is 5.35. The molecule has 2 nitrogen and oxygen atoms in total. The first kappa shape index (κ1) is 14.0. The number of benzene rings is 1. The molecule has 3 aliphatic heterocycles. The Kier molecular flexibility index (Phi) is 3.89. The van der Waals surface area contributed by atoms with E-state index in [-0.39, 0.29) is 0 Å². The third-order valence-electron chi connectivity index (χ3n) is 5.41. The summed E-state index contributed by atoms with van der Waals surface area (Å²) in [4.78, 5) is 7.02. The van der Waals surface area contributed by atoms with Crippen LogP contribution in [0.15, 0.2) is 23.1 Å². The number of thioether (sulfide) groups is 1. The first-order chi connectivity index (χ1) is 10.4. The molecule has 3 heteroatoms. The number of unbranched alkanes of at least 4 members (excludes halogenated alkanes) is 1. The number of para-hydroxylation sites is 1. The molecule has 0 saturated carbocycles. The second-order valence-electron chi connectivity index (χ2n) is 6.71. The van der Waals surface area contributed by atoms with E-state index in [0.717, 1.165) is 12.0 Å². The molecule has 0 radical (unpaired) electrons. The molecule has 0 aliphatic carbocycles. The zero-order valence-corrected chi connectivity index (χ0v) is 13.9. The first-order valence-electron chi connectivity index (χ1n) is 8.63. The van der Waals surface area contributed by atoms with Crippen LogP contribution in [0.4, 0.5) is 5.69 Å². The normalized spacial score (nSPS) is 28.1. The van der Waals surface area contributed by atoms with Gasteiger partial charge in [-0.2, -0.15) is 0 Å². The maximum atomic E-state index is 2.77. The standard InChI is InChI=1S/C18H26N2S/c1-2-3-9-19-11-8-16-15(13-19)14-6-4-7-17-18(14)20(16)10-5-12-21-17/h4,6-7,15-16H,2-3,5,8-13H2,1H3. The summed E-state index contributed by atoms with van der Waals surface area (Å²) >= 11 is 2.07. The zero-order chi connectivity index (χ0) is 14.2. The molecule has 1 fully saturated rings. The Morgan fingerprint density at radius 2 is 2.24 bits per heavy atom. The molecule has 2 unspecified atom stereocenters. The fourth-order valence-corrected chi connectivity index (χ4v) is 5.43. The van der Waals surface area contributed by atoms with Crippen LogP contribution >= 0.6 is 11.8 Å². The van der Waals surface area contributed by atoms with Crippen molar-refractivity contribution in [2.24, 2.45) is 0 Å². The maximum Gasteiger partial charge on any atom is 0.0543 e. The summed E-state index contributed by atoms with van der Waals surface area (Å²) in [6, 6.07) is 7.82. The number of likely N-dealkylation sites (tertiary alicyclic amines) is 1. The van der Waals surface area contributed by atoms with Crippen molar-refractivity contribution in [1.29, 1.82) is 0 Å². The van der Waals surface area contributed by atoms with Crippen LogP contribution in [0.1, 0.15) is 44.1 Å². The Hall–Kier alpha value is -0.670. The van der Waals surface area contributed by atoms with Crippen LogP contribution < -0.4 is 4.90 Å². The van der Waals surface area contributed by atoms with E-state index in [2.05, 4.69) is 46.7 Å². The molecule has 2 atom stereocenters. The number of fused-ring (bicyclic) bond motifs is 3. The molecule has 114 valence electrons. The summed E-state index contributed by atoms with van der Waals surface area (Å²) in [5, 5.41) is 0. The average Bonchev–Trinajstić information content (AvgIpc) is 2.68. The number of anilines is 1. The van der Waals surface area contributed by atoms with Crippen molar-refractivity contribution in [3.63, 3.8) is 0 Å². The van der Waals surface area contributed by atoms with Crippen molar-refractivity contribution in [2.45, 2.75) is 49.5 Å².